The fourth-order valence-corrected chi connectivity index (χ4v) is 7.35. The molecule has 1 aliphatic heterocycles. The number of hydrogen-bond acceptors (Lipinski definition) is 7. The van der Waals surface area contributed by atoms with Crippen LogP contribution in [-0.2, 0) is 18.6 Å². The summed E-state index contributed by atoms with van der Waals surface area (Å²) < 4.78 is 2.08. The van der Waals surface area contributed by atoms with E-state index in [1.54, 1.807) is 11.6 Å². The Balaban J connectivity index is 1.22. The highest BCUT2D eigenvalue weighted by Gasteiger charge is 2.15. The first-order valence-corrected chi connectivity index (χ1v) is 14.9. The molecule has 184 valence electrons. The Morgan fingerprint density at radius 2 is 1.69 bits per heavy atom. The molecule has 0 saturated carbocycles. The normalized spacial score (nSPS) is 15.4. The van der Waals surface area contributed by atoms with Gasteiger partial charge in [0.25, 0.3) is 5.56 Å². The number of aryl methyl sites for hydroxylation is 1. The number of carbonyl (C=O) groups is 1. The molecular weight excluding hydrogens is 507 g/mol. The summed E-state index contributed by atoms with van der Waals surface area (Å²) in [7, 11) is 1.76. The van der Waals surface area contributed by atoms with Crippen LogP contribution in [0.15, 0.2) is 76.7 Å². The summed E-state index contributed by atoms with van der Waals surface area (Å²) in [4.78, 5) is 30.5. The van der Waals surface area contributed by atoms with E-state index in [1.165, 1.54) is 23.1 Å². The Bertz CT molecular complexity index is 1440. The Morgan fingerprint density at radius 1 is 1.03 bits per heavy atom. The number of nitrogens with zero attached hydrogens (tertiary/aromatic N) is 2. The molecule has 1 aromatic heterocycles. The molecule has 1 aliphatic rings. The zero-order chi connectivity index (χ0) is 25.1. The van der Waals surface area contributed by atoms with Crippen LogP contribution in [0.3, 0.4) is 0 Å². The van der Waals surface area contributed by atoms with Crippen molar-refractivity contribution in [2.45, 2.75) is 28.3 Å². The maximum absolute atomic E-state index is 13.0. The van der Waals surface area contributed by atoms with Gasteiger partial charge in [-0.25, -0.2) is 4.98 Å². The average molecular weight is 534 g/mol. The molecule has 1 atom stereocenters. The third kappa shape index (κ3) is 5.57. The lowest BCUT2D eigenvalue weighted by molar-refractivity contribution is 0.103. The fraction of sp³-hybridized carbons (Fsp3) is 0.250. The van der Waals surface area contributed by atoms with Crippen LogP contribution in [-0.4, -0.2) is 32.3 Å². The van der Waals surface area contributed by atoms with Gasteiger partial charge in [-0.15, -0.1) is 23.5 Å². The van der Waals surface area contributed by atoms with E-state index in [-0.39, 0.29) is 11.3 Å². The van der Waals surface area contributed by atoms with Crippen LogP contribution in [0.25, 0.3) is 10.9 Å². The highest BCUT2D eigenvalue weighted by atomic mass is 32.2. The number of carbonyl (C=O) groups excluding carboxylic acids is 1. The van der Waals surface area contributed by atoms with E-state index < -0.39 is 0 Å². The second-order valence-electron chi connectivity index (χ2n) is 8.71. The van der Waals surface area contributed by atoms with Crippen molar-refractivity contribution in [1.82, 2.24) is 14.9 Å². The summed E-state index contributed by atoms with van der Waals surface area (Å²) in [5, 5.41) is 4.82. The number of benzene rings is 3. The number of nitrogens with one attached hydrogen (secondary N) is 1. The molecule has 0 amide bonds. The van der Waals surface area contributed by atoms with E-state index in [2.05, 4.69) is 5.32 Å². The average Bonchev–Trinajstić information content (AvgIpc) is 3.43. The van der Waals surface area contributed by atoms with Gasteiger partial charge in [0.2, 0.25) is 0 Å². The van der Waals surface area contributed by atoms with Crippen LogP contribution in [0.5, 0.6) is 0 Å². The molecular formula is C28H27N3O2S3. The number of rotatable bonds is 8. The first-order valence-electron chi connectivity index (χ1n) is 11.8. The van der Waals surface area contributed by atoms with E-state index in [4.69, 9.17) is 4.98 Å². The van der Waals surface area contributed by atoms with Gasteiger partial charge < -0.3 is 0 Å². The summed E-state index contributed by atoms with van der Waals surface area (Å²) in [6, 6.07) is 21.4. The molecule has 5 rings (SSSR count). The molecule has 0 bridgehead atoms. The molecule has 1 fully saturated rings. The van der Waals surface area contributed by atoms with Gasteiger partial charge in [-0.3, -0.25) is 19.5 Å². The Hall–Kier alpha value is -2.52. The van der Waals surface area contributed by atoms with Crippen LogP contribution in [0.4, 0.5) is 0 Å². The molecule has 1 N–H and O–H groups in total. The summed E-state index contributed by atoms with van der Waals surface area (Å²) in [6.45, 7) is 3.01. The monoisotopic (exact) mass is 533 g/mol. The lowest BCUT2D eigenvalue weighted by Crippen LogP contribution is -2.20. The molecule has 5 nitrogen and oxygen atoms in total. The molecule has 2 heterocycles. The van der Waals surface area contributed by atoms with Crippen LogP contribution < -0.4 is 10.9 Å². The summed E-state index contributed by atoms with van der Waals surface area (Å²) in [5.41, 5.74) is 5.30. The smallest absolute Gasteiger partial charge is 0.262 e. The van der Waals surface area contributed by atoms with Crippen molar-refractivity contribution in [2.75, 3.05) is 12.3 Å². The molecule has 1 saturated heterocycles. The minimum Gasteiger partial charge on any atom is -0.296 e. The van der Waals surface area contributed by atoms with Gasteiger partial charge >= 0.3 is 0 Å². The van der Waals surface area contributed by atoms with Crippen molar-refractivity contribution in [1.29, 1.82) is 0 Å². The van der Waals surface area contributed by atoms with E-state index >= 15 is 0 Å². The lowest BCUT2D eigenvalue weighted by atomic mass is 10.0. The lowest BCUT2D eigenvalue weighted by Gasteiger charge is -2.10. The minimum absolute atomic E-state index is 0.0235. The van der Waals surface area contributed by atoms with Crippen LogP contribution in [0, 0.1) is 6.92 Å². The van der Waals surface area contributed by atoms with E-state index in [1.807, 2.05) is 97.2 Å². The van der Waals surface area contributed by atoms with Crippen molar-refractivity contribution in [3.63, 3.8) is 0 Å². The first kappa shape index (κ1) is 25.1. The maximum Gasteiger partial charge on any atom is 0.262 e. The number of ketones is 1. The highest BCUT2D eigenvalue weighted by Crippen LogP contribution is 2.28. The molecule has 0 spiro atoms. The summed E-state index contributed by atoms with van der Waals surface area (Å²) in [6.07, 6.45) is 0. The Kier molecular flexibility index (Phi) is 7.86. The zero-order valence-corrected chi connectivity index (χ0v) is 22.6. The molecule has 0 radical (unpaired) electrons. The van der Waals surface area contributed by atoms with Gasteiger partial charge in [0.05, 0.1) is 10.9 Å². The van der Waals surface area contributed by atoms with Gasteiger partial charge in [0.1, 0.15) is 4.71 Å². The topological polar surface area (TPSA) is 64.0 Å². The largest absolute Gasteiger partial charge is 0.296 e. The quantitative estimate of drug-likeness (QED) is 0.179. The number of aromatic nitrogens is 2. The van der Waals surface area contributed by atoms with Crippen molar-refractivity contribution in [3.05, 3.63) is 105 Å². The van der Waals surface area contributed by atoms with Gasteiger partial charge in [-0.1, -0.05) is 72.4 Å². The number of fused-ring (bicyclic) bond motifs is 1. The fourth-order valence-electron chi connectivity index (χ4n) is 4.09. The van der Waals surface area contributed by atoms with Gasteiger partial charge in [0, 0.05) is 42.0 Å². The standard InChI is InChI=1S/C28H27N3O2S3/c1-18-4-3-5-23-24(18)26(33)31(2)27(30-23)35-16-19-6-10-21(11-7-19)25(32)22-12-8-20(9-13-22)17-36-28-29-14-15-34-28/h3-13,28-29H,14-17H2,1-2H3. The van der Waals surface area contributed by atoms with Gasteiger partial charge in [-0.2, -0.15) is 0 Å². The van der Waals surface area contributed by atoms with E-state index in [9.17, 15) is 9.59 Å². The van der Waals surface area contributed by atoms with Gasteiger partial charge in [0.15, 0.2) is 10.9 Å². The number of hydrogen-bond donors (Lipinski definition) is 1. The van der Waals surface area contributed by atoms with Crippen molar-refractivity contribution in [2.24, 2.45) is 7.05 Å². The molecule has 3 aromatic carbocycles. The Labute approximate surface area is 223 Å². The number of thioether (sulfide) groups is 3. The SMILES string of the molecule is Cc1cccc2nc(SCc3ccc(C(=O)c4ccc(CSC5NCCS5)cc4)cc3)n(C)c(=O)c12. The first-order chi connectivity index (χ1) is 17.5. The Morgan fingerprint density at radius 3 is 2.33 bits per heavy atom. The molecule has 4 aromatic rings. The van der Waals surface area contributed by atoms with Crippen LogP contribution in [0.1, 0.15) is 32.6 Å². The summed E-state index contributed by atoms with van der Waals surface area (Å²) >= 11 is 5.37. The highest BCUT2D eigenvalue weighted by molar-refractivity contribution is 8.16. The maximum atomic E-state index is 13.0. The van der Waals surface area contributed by atoms with Crippen molar-refractivity contribution >= 4 is 52.0 Å². The van der Waals surface area contributed by atoms with Gasteiger partial charge in [-0.05, 0) is 29.7 Å². The zero-order valence-electron chi connectivity index (χ0n) is 20.2. The van der Waals surface area contributed by atoms with Crippen molar-refractivity contribution < 1.29 is 4.79 Å². The summed E-state index contributed by atoms with van der Waals surface area (Å²) in [5.74, 6) is 2.79. The molecule has 8 heteroatoms. The predicted octanol–water partition coefficient (Wildman–Crippen LogP) is 5.62. The second-order valence-corrected chi connectivity index (χ2v) is 12.3. The van der Waals surface area contributed by atoms with Crippen LogP contribution in [0.2, 0.25) is 0 Å². The second kappa shape index (κ2) is 11.3. The van der Waals surface area contributed by atoms with E-state index in [0.29, 0.717) is 32.1 Å². The third-order valence-corrected chi connectivity index (χ3v) is 9.95. The third-order valence-electron chi connectivity index (χ3n) is 6.16. The van der Waals surface area contributed by atoms with Crippen LogP contribution >= 0.6 is 35.3 Å². The predicted molar refractivity (Wildman–Crippen MR) is 153 cm³/mol. The minimum atomic E-state index is -0.0275. The molecule has 0 aliphatic carbocycles. The molecule has 36 heavy (non-hydrogen) atoms. The van der Waals surface area contributed by atoms with Crippen molar-refractivity contribution in [3.8, 4) is 0 Å². The molecule has 1 unspecified atom stereocenters. The van der Waals surface area contributed by atoms with E-state index in [0.717, 1.165) is 28.9 Å².